The van der Waals surface area contributed by atoms with Crippen LogP contribution in [0.4, 0.5) is 0 Å². The first-order chi connectivity index (χ1) is 10.8. The van der Waals surface area contributed by atoms with E-state index in [1.165, 1.54) is 5.56 Å². The third-order valence-electron chi connectivity index (χ3n) is 4.44. The summed E-state index contributed by atoms with van der Waals surface area (Å²) in [5, 5.41) is 6.51. The second-order valence-electron chi connectivity index (χ2n) is 5.92. The van der Waals surface area contributed by atoms with Crippen molar-refractivity contribution in [2.45, 2.75) is 18.9 Å². The van der Waals surface area contributed by atoms with Crippen LogP contribution in [0.2, 0.25) is 0 Å². The van der Waals surface area contributed by atoms with E-state index in [1.54, 1.807) is 0 Å². The van der Waals surface area contributed by atoms with Crippen molar-refractivity contribution in [3.8, 4) is 0 Å². The molecule has 0 aliphatic carbocycles. The maximum absolute atomic E-state index is 12.7. The van der Waals surface area contributed by atoms with Gasteiger partial charge in [-0.3, -0.25) is 4.79 Å². The van der Waals surface area contributed by atoms with Crippen molar-refractivity contribution >= 4 is 5.91 Å². The molecule has 3 unspecified atom stereocenters. The molecule has 1 aliphatic rings. The van der Waals surface area contributed by atoms with Gasteiger partial charge >= 0.3 is 0 Å². The molecule has 2 N–H and O–H groups in total. The first-order valence-electron chi connectivity index (χ1n) is 7.86. The molecule has 0 bridgehead atoms. The highest BCUT2D eigenvalue weighted by molar-refractivity contribution is 5.81. The summed E-state index contributed by atoms with van der Waals surface area (Å²) < 4.78 is 0. The van der Waals surface area contributed by atoms with Crippen LogP contribution in [0.5, 0.6) is 0 Å². The number of benzene rings is 2. The van der Waals surface area contributed by atoms with Gasteiger partial charge in [-0.15, -0.1) is 0 Å². The van der Waals surface area contributed by atoms with Gasteiger partial charge < -0.3 is 10.6 Å². The van der Waals surface area contributed by atoms with E-state index in [2.05, 4.69) is 22.8 Å². The van der Waals surface area contributed by atoms with E-state index in [-0.39, 0.29) is 23.8 Å². The van der Waals surface area contributed by atoms with Gasteiger partial charge in [0.1, 0.15) is 0 Å². The maximum Gasteiger partial charge on any atom is 0.225 e. The van der Waals surface area contributed by atoms with E-state index in [0.717, 1.165) is 18.7 Å². The Kier molecular flexibility index (Phi) is 4.54. The van der Waals surface area contributed by atoms with Crippen LogP contribution in [-0.2, 0) is 4.79 Å². The van der Waals surface area contributed by atoms with Crippen LogP contribution in [0, 0.1) is 5.92 Å². The Morgan fingerprint density at radius 2 is 1.68 bits per heavy atom. The van der Waals surface area contributed by atoms with Crippen molar-refractivity contribution in [3.05, 3.63) is 71.8 Å². The number of amides is 1. The summed E-state index contributed by atoms with van der Waals surface area (Å²) in [6.45, 7) is 3.64. The average molecular weight is 294 g/mol. The average Bonchev–Trinajstić information content (AvgIpc) is 3.06. The highest BCUT2D eigenvalue weighted by atomic mass is 16.2. The molecule has 3 rings (SSSR count). The summed E-state index contributed by atoms with van der Waals surface area (Å²) in [6.07, 6.45) is 0. The van der Waals surface area contributed by atoms with E-state index >= 15 is 0 Å². The predicted molar refractivity (Wildman–Crippen MR) is 88.5 cm³/mol. The predicted octanol–water partition coefficient (Wildman–Crippen LogP) is 2.87. The largest absolute Gasteiger partial charge is 0.349 e. The summed E-state index contributed by atoms with van der Waals surface area (Å²) in [6, 6.07) is 20.4. The van der Waals surface area contributed by atoms with Crippen LogP contribution in [0.1, 0.15) is 30.0 Å². The molecule has 2 aromatic rings. The number of carbonyl (C=O) groups is 1. The van der Waals surface area contributed by atoms with Crippen LogP contribution in [0.3, 0.4) is 0 Å². The minimum Gasteiger partial charge on any atom is -0.349 e. The molecule has 0 aromatic heterocycles. The first kappa shape index (κ1) is 14.8. The molecule has 1 amide bonds. The Morgan fingerprint density at radius 3 is 2.36 bits per heavy atom. The second kappa shape index (κ2) is 6.75. The van der Waals surface area contributed by atoms with Gasteiger partial charge in [0.15, 0.2) is 0 Å². The van der Waals surface area contributed by atoms with Crippen molar-refractivity contribution in [1.82, 2.24) is 10.6 Å². The summed E-state index contributed by atoms with van der Waals surface area (Å²) in [5.74, 6) is 0.382. The third-order valence-corrected chi connectivity index (χ3v) is 4.44. The van der Waals surface area contributed by atoms with Crippen LogP contribution in [0.25, 0.3) is 0 Å². The van der Waals surface area contributed by atoms with Crippen molar-refractivity contribution in [1.29, 1.82) is 0 Å². The SMILES string of the molecule is CC(NC(=O)C1CNCC1c1ccccc1)c1ccccc1. The molecule has 0 saturated carbocycles. The number of hydrogen-bond donors (Lipinski definition) is 2. The van der Waals surface area contributed by atoms with Crippen LogP contribution >= 0.6 is 0 Å². The monoisotopic (exact) mass is 294 g/mol. The zero-order chi connectivity index (χ0) is 15.4. The van der Waals surface area contributed by atoms with E-state index in [9.17, 15) is 4.79 Å². The molecular weight excluding hydrogens is 272 g/mol. The Hall–Kier alpha value is -2.13. The molecule has 1 fully saturated rings. The molecule has 22 heavy (non-hydrogen) atoms. The maximum atomic E-state index is 12.7. The fraction of sp³-hybridized carbons (Fsp3) is 0.316. The minimum atomic E-state index is -0.00596. The second-order valence-corrected chi connectivity index (χ2v) is 5.92. The van der Waals surface area contributed by atoms with Crippen molar-refractivity contribution in [3.63, 3.8) is 0 Å². The standard InChI is InChI=1S/C19H22N2O/c1-14(15-8-4-2-5-9-15)21-19(22)18-13-20-12-17(18)16-10-6-3-7-11-16/h2-11,14,17-18,20H,12-13H2,1H3,(H,21,22). The quantitative estimate of drug-likeness (QED) is 0.910. The van der Waals surface area contributed by atoms with E-state index < -0.39 is 0 Å². The lowest BCUT2D eigenvalue weighted by molar-refractivity contribution is -0.125. The van der Waals surface area contributed by atoms with Gasteiger partial charge in [-0.2, -0.15) is 0 Å². The molecule has 3 atom stereocenters. The molecule has 3 heteroatoms. The van der Waals surface area contributed by atoms with Gasteiger partial charge in [-0.1, -0.05) is 60.7 Å². The summed E-state index contributed by atoms with van der Waals surface area (Å²) in [5.41, 5.74) is 2.37. The van der Waals surface area contributed by atoms with E-state index in [0.29, 0.717) is 0 Å². The van der Waals surface area contributed by atoms with E-state index in [1.807, 2.05) is 55.5 Å². The molecular formula is C19H22N2O. The normalized spacial score (nSPS) is 22.2. The molecule has 0 spiro atoms. The lowest BCUT2D eigenvalue weighted by atomic mass is 9.88. The molecule has 1 saturated heterocycles. The molecule has 1 aliphatic heterocycles. The number of nitrogens with one attached hydrogen (secondary N) is 2. The van der Waals surface area contributed by atoms with Gasteiger partial charge in [0.25, 0.3) is 0 Å². The Bertz CT molecular complexity index is 612. The van der Waals surface area contributed by atoms with Crippen LogP contribution < -0.4 is 10.6 Å². The lowest BCUT2D eigenvalue weighted by Crippen LogP contribution is -2.36. The highest BCUT2D eigenvalue weighted by Gasteiger charge is 2.34. The topological polar surface area (TPSA) is 41.1 Å². The Balaban J connectivity index is 1.69. The van der Waals surface area contributed by atoms with Crippen molar-refractivity contribution in [2.24, 2.45) is 5.92 Å². The minimum absolute atomic E-state index is 0.00596. The molecule has 1 heterocycles. The fourth-order valence-corrected chi connectivity index (χ4v) is 3.15. The zero-order valence-corrected chi connectivity index (χ0v) is 12.8. The molecule has 0 radical (unpaired) electrons. The van der Waals surface area contributed by atoms with Crippen LogP contribution in [0.15, 0.2) is 60.7 Å². The summed E-state index contributed by atoms with van der Waals surface area (Å²) >= 11 is 0. The van der Waals surface area contributed by atoms with Gasteiger partial charge in [-0.25, -0.2) is 0 Å². The number of hydrogen-bond acceptors (Lipinski definition) is 2. The summed E-state index contributed by atoms with van der Waals surface area (Å²) in [7, 11) is 0. The van der Waals surface area contributed by atoms with Gasteiger partial charge in [-0.05, 0) is 18.1 Å². The van der Waals surface area contributed by atoms with Crippen molar-refractivity contribution in [2.75, 3.05) is 13.1 Å². The van der Waals surface area contributed by atoms with Gasteiger partial charge in [0.05, 0.1) is 12.0 Å². The van der Waals surface area contributed by atoms with Gasteiger partial charge in [0.2, 0.25) is 5.91 Å². The van der Waals surface area contributed by atoms with Crippen molar-refractivity contribution < 1.29 is 4.79 Å². The lowest BCUT2D eigenvalue weighted by Gasteiger charge is -2.21. The zero-order valence-electron chi connectivity index (χ0n) is 12.8. The third kappa shape index (κ3) is 3.20. The molecule has 3 nitrogen and oxygen atoms in total. The first-order valence-corrected chi connectivity index (χ1v) is 7.86. The van der Waals surface area contributed by atoms with Crippen LogP contribution in [-0.4, -0.2) is 19.0 Å². The highest BCUT2D eigenvalue weighted by Crippen LogP contribution is 2.28. The smallest absolute Gasteiger partial charge is 0.225 e. The van der Waals surface area contributed by atoms with Gasteiger partial charge in [0, 0.05) is 19.0 Å². The number of rotatable bonds is 4. The Morgan fingerprint density at radius 1 is 1.05 bits per heavy atom. The molecule has 114 valence electrons. The summed E-state index contributed by atoms with van der Waals surface area (Å²) in [4.78, 5) is 12.7. The molecule has 2 aromatic carbocycles. The number of carbonyl (C=O) groups excluding carboxylic acids is 1. The Labute approximate surface area is 131 Å². The van der Waals surface area contributed by atoms with E-state index in [4.69, 9.17) is 0 Å². The fourth-order valence-electron chi connectivity index (χ4n) is 3.15.